The molecule has 0 bridgehead atoms. The van der Waals surface area contributed by atoms with E-state index >= 15 is 0 Å². The Bertz CT molecular complexity index is 214. The van der Waals surface area contributed by atoms with Gasteiger partial charge in [-0.3, -0.25) is 5.41 Å². The van der Waals surface area contributed by atoms with Crippen molar-refractivity contribution in [1.82, 2.24) is 4.90 Å². The zero-order valence-corrected chi connectivity index (χ0v) is 10.5. The summed E-state index contributed by atoms with van der Waals surface area (Å²) in [7, 11) is 2.10. The van der Waals surface area contributed by atoms with Gasteiger partial charge in [0.2, 0.25) is 0 Å². The van der Waals surface area contributed by atoms with Crippen LogP contribution in [0.15, 0.2) is 0 Å². The van der Waals surface area contributed by atoms with E-state index in [0.717, 1.165) is 19.6 Å². The summed E-state index contributed by atoms with van der Waals surface area (Å²) in [6.45, 7) is 4.13. The van der Waals surface area contributed by atoms with Crippen LogP contribution in [-0.2, 0) is 4.74 Å². The molecule has 2 atom stereocenters. The second-order valence-electron chi connectivity index (χ2n) is 4.84. The Balaban J connectivity index is 2.08. The topological polar surface area (TPSA) is 62.3 Å². The van der Waals surface area contributed by atoms with Crippen LogP contribution in [-0.4, -0.2) is 43.1 Å². The zero-order valence-electron chi connectivity index (χ0n) is 10.5. The van der Waals surface area contributed by atoms with Crippen LogP contribution in [0.5, 0.6) is 0 Å². The fourth-order valence-electron chi connectivity index (χ4n) is 2.13. The number of ether oxygens (including phenoxy) is 1. The van der Waals surface area contributed by atoms with Gasteiger partial charge in [-0.15, -0.1) is 0 Å². The summed E-state index contributed by atoms with van der Waals surface area (Å²) in [6, 6.07) is 0.363. The summed E-state index contributed by atoms with van der Waals surface area (Å²) in [5.41, 5.74) is 5.40. The van der Waals surface area contributed by atoms with Crippen LogP contribution in [0.3, 0.4) is 0 Å². The van der Waals surface area contributed by atoms with E-state index in [1.807, 2.05) is 0 Å². The van der Waals surface area contributed by atoms with Crippen molar-refractivity contribution < 1.29 is 4.74 Å². The van der Waals surface area contributed by atoms with E-state index in [1.165, 1.54) is 19.3 Å². The molecule has 16 heavy (non-hydrogen) atoms. The number of hydrogen-bond donors (Lipinski definition) is 2. The van der Waals surface area contributed by atoms with Crippen LogP contribution in [0.1, 0.15) is 39.0 Å². The minimum atomic E-state index is 0.276. The summed E-state index contributed by atoms with van der Waals surface area (Å²) in [6.07, 6.45) is 5.95. The lowest BCUT2D eigenvalue weighted by molar-refractivity contribution is 0.0984. The molecule has 0 aromatic heterocycles. The summed E-state index contributed by atoms with van der Waals surface area (Å²) in [5, 5.41) is 7.26. The Morgan fingerprint density at radius 2 is 2.38 bits per heavy atom. The van der Waals surface area contributed by atoms with Gasteiger partial charge < -0.3 is 15.4 Å². The van der Waals surface area contributed by atoms with Crippen LogP contribution >= 0.6 is 0 Å². The first kappa shape index (κ1) is 13.5. The molecule has 0 amide bonds. The van der Waals surface area contributed by atoms with E-state index in [2.05, 4.69) is 18.9 Å². The van der Waals surface area contributed by atoms with E-state index in [-0.39, 0.29) is 5.84 Å². The molecule has 94 valence electrons. The highest BCUT2D eigenvalue weighted by atomic mass is 16.5. The van der Waals surface area contributed by atoms with Crippen LogP contribution < -0.4 is 5.73 Å². The van der Waals surface area contributed by atoms with Crippen molar-refractivity contribution in [3.63, 3.8) is 0 Å². The molecular weight excluding hydrogens is 202 g/mol. The Kier molecular flexibility index (Phi) is 5.77. The highest BCUT2D eigenvalue weighted by Gasteiger charge is 2.16. The van der Waals surface area contributed by atoms with Crippen LogP contribution in [0.2, 0.25) is 0 Å². The van der Waals surface area contributed by atoms with E-state index in [1.54, 1.807) is 0 Å². The number of nitrogens with one attached hydrogen (secondary N) is 1. The summed E-state index contributed by atoms with van der Waals surface area (Å²) in [5.74, 6) is 0.276. The van der Waals surface area contributed by atoms with Gasteiger partial charge in [-0.05, 0) is 46.2 Å². The van der Waals surface area contributed by atoms with Gasteiger partial charge in [0.1, 0.15) is 0 Å². The SMILES string of the molecule is CC(CC(=N)N)N(C)CCCC1CCCO1. The highest BCUT2D eigenvalue weighted by molar-refractivity contribution is 5.77. The Morgan fingerprint density at radius 3 is 2.94 bits per heavy atom. The number of nitrogens with zero attached hydrogens (tertiary/aromatic N) is 1. The number of hydrogen-bond acceptors (Lipinski definition) is 3. The molecule has 0 spiro atoms. The highest BCUT2D eigenvalue weighted by Crippen LogP contribution is 2.17. The minimum Gasteiger partial charge on any atom is -0.388 e. The molecule has 0 radical (unpaired) electrons. The van der Waals surface area contributed by atoms with E-state index in [9.17, 15) is 0 Å². The monoisotopic (exact) mass is 227 g/mol. The molecule has 3 N–H and O–H groups in total. The first-order valence-electron chi connectivity index (χ1n) is 6.24. The van der Waals surface area contributed by atoms with Gasteiger partial charge in [-0.2, -0.15) is 0 Å². The Morgan fingerprint density at radius 1 is 1.62 bits per heavy atom. The van der Waals surface area contributed by atoms with E-state index in [4.69, 9.17) is 15.9 Å². The lowest BCUT2D eigenvalue weighted by Gasteiger charge is -2.24. The normalized spacial score (nSPS) is 22.6. The molecule has 1 heterocycles. The van der Waals surface area contributed by atoms with Crippen molar-refractivity contribution in [2.75, 3.05) is 20.2 Å². The van der Waals surface area contributed by atoms with Crippen LogP contribution in [0.4, 0.5) is 0 Å². The largest absolute Gasteiger partial charge is 0.388 e. The van der Waals surface area contributed by atoms with Crippen LogP contribution in [0.25, 0.3) is 0 Å². The van der Waals surface area contributed by atoms with Crippen molar-refractivity contribution in [2.45, 2.75) is 51.2 Å². The maximum atomic E-state index is 7.26. The molecule has 0 aromatic carbocycles. The van der Waals surface area contributed by atoms with Gasteiger partial charge in [-0.25, -0.2) is 0 Å². The molecule has 0 saturated carbocycles. The predicted molar refractivity (Wildman–Crippen MR) is 66.8 cm³/mol. The lowest BCUT2D eigenvalue weighted by atomic mass is 10.1. The molecule has 2 unspecified atom stereocenters. The van der Waals surface area contributed by atoms with Crippen molar-refractivity contribution in [1.29, 1.82) is 5.41 Å². The molecule has 1 saturated heterocycles. The lowest BCUT2D eigenvalue weighted by Crippen LogP contribution is -2.33. The fourth-order valence-corrected chi connectivity index (χ4v) is 2.13. The quantitative estimate of drug-likeness (QED) is 0.513. The van der Waals surface area contributed by atoms with Crippen molar-refractivity contribution in [3.05, 3.63) is 0 Å². The molecule has 0 aliphatic carbocycles. The minimum absolute atomic E-state index is 0.276. The first-order chi connectivity index (χ1) is 7.59. The molecule has 1 rings (SSSR count). The van der Waals surface area contributed by atoms with Crippen molar-refractivity contribution in [3.8, 4) is 0 Å². The molecule has 1 aliphatic heterocycles. The zero-order chi connectivity index (χ0) is 12.0. The third kappa shape index (κ3) is 4.94. The van der Waals surface area contributed by atoms with Crippen molar-refractivity contribution >= 4 is 5.84 Å². The molecule has 1 aliphatic rings. The molecule has 0 aromatic rings. The van der Waals surface area contributed by atoms with Crippen LogP contribution in [0, 0.1) is 5.41 Å². The summed E-state index contributed by atoms with van der Waals surface area (Å²) >= 11 is 0. The number of amidine groups is 1. The second-order valence-corrected chi connectivity index (χ2v) is 4.84. The molecule has 4 heteroatoms. The Labute approximate surface area is 98.6 Å². The first-order valence-corrected chi connectivity index (χ1v) is 6.24. The maximum Gasteiger partial charge on any atom is 0.0920 e. The third-order valence-corrected chi connectivity index (χ3v) is 3.33. The van der Waals surface area contributed by atoms with Gasteiger partial charge >= 0.3 is 0 Å². The smallest absolute Gasteiger partial charge is 0.0920 e. The molecular formula is C12H25N3O. The summed E-state index contributed by atoms with van der Waals surface area (Å²) < 4.78 is 5.59. The number of nitrogens with two attached hydrogens (primary N) is 1. The van der Waals surface area contributed by atoms with Gasteiger partial charge in [0, 0.05) is 19.1 Å². The van der Waals surface area contributed by atoms with Gasteiger partial charge in [0.25, 0.3) is 0 Å². The Hall–Kier alpha value is -0.610. The maximum absolute atomic E-state index is 7.26. The van der Waals surface area contributed by atoms with Crippen molar-refractivity contribution in [2.24, 2.45) is 5.73 Å². The average Bonchev–Trinajstić information content (AvgIpc) is 2.69. The average molecular weight is 227 g/mol. The second kappa shape index (κ2) is 6.86. The van der Waals surface area contributed by atoms with Gasteiger partial charge in [0.15, 0.2) is 0 Å². The van der Waals surface area contributed by atoms with Gasteiger partial charge in [-0.1, -0.05) is 0 Å². The molecule has 1 fully saturated rings. The fraction of sp³-hybridized carbons (Fsp3) is 0.917. The summed E-state index contributed by atoms with van der Waals surface area (Å²) in [4.78, 5) is 2.27. The molecule has 4 nitrogen and oxygen atoms in total. The third-order valence-electron chi connectivity index (χ3n) is 3.33. The van der Waals surface area contributed by atoms with E-state index < -0.39 is 0 Å². The van der Waals surface area contributed by atoms with Gasteiger partial charge in [0.05, 0.1) is 11.9 Å². The van der Waals surface area contributed by atoms with E-state index in [0.29, 0.717) is 18.6 Å². The number of rotatable bonds is 7. The predicted octanol–water partition coefficient (Wildman–Crippen LogP) is 1.59. The standard InChI is InChI=1S/C12H25N3O/c1-10(9-12(13)14)15(2)7-3-5-11-6-4-8-16-11/h10-11H,3-9H2,1-2H3,(H3,13,14).